The number of hydrogen-bond donors (Lipinski definition) is 1. The summed E-state index contributed by atoms with van der Waals surface area (Å²) in [7, 11) is 0. The summed E-state index contributed by atoms with van der Waals surface area (Å²) in [5, 5.41) is 3.00. The van der Waals surface area contributed by atoms with Crippen LogP contribution in [-0.4, -0.2) is 41.5 Å². The van der Waals surface area contributed by atoms with Crippen LogP contribution in [0.15, 0.2) is 54.9 Å². The van der Waals surface area contributed by atoms with Gasteiger partial charge in [0.2, 0.25) is 5.91 Å². The monoisotopic (exact) mass is 309 g/mol. The SMILES string of the molecule is O=C1NCCN(CCCc2cccnc2)[C@@H]1Cc1ccccc1. The van der Waals surface area contributed by atoms with Gasteiger partial charge in [0.25, 0.3) is 0 Å². The molecule has 0 spiro atoms. The highest BCUT2D eigenvalue weighted by Gasteiger charge is 2.29. The van der Waals surface area contributed by atoms with Gasteiger partial charge < -0.3 is 5.32 Å². The third-order valence-electron chi connectivity index (χ3n) is 4.35. The fourth-order valence-electron chi connectivity index (χ4n) is 3.12. The largest absolute Gasteiger partial charge is 0.353 e. The van der Waals surface area contributed by atoms with Crippen LogP contribution in [0.4, 0.5) is 0 Å². The Kier molecular flexibility index (Phi) is 5.37. The van der Waals surface area contributed by atoms with Gasteiger partial charge in [0, 0.05) is 25.5 Å². The Balaban J connectivity index is 1.58. The zero-order valence-corrected chi connectivity index (χ0v) is 13.3. The Morgan fingerprint density at radius 2 is 1.96 bits per heavy atom. The van der Waals surface area contributed by atoms with E-state index < -0.39 is 0 Å². The highest BCUT2D eigenvalue weighted by molar-refractivity contribution is 5.82. The van der Waals surface area contributed by atoms with Gasteiger partial charge in [0.1, 0.15) is 0 Å². The molecule has 0 bridgehead atoms. The van der Waals surface area contributed by atoms with Gasteiger partial charge in [0.15, 0.2) is 0 Å². The average molecular weight is 309 g/mol. The minimum absolute atomic E-state index is 0.0555. The maximum absolute atomic E-state index is 12.3. The zero-order chi connectivity index (χ0) is 15.9. The maximum Gasteiger partial charge on any atom is 0.237 e. The Labute approximate surface area is 137 Å². The molecule has 0 unspecified atom stereocenters. The normalized spacial score (nSPS) is 18.6. The Morgan fingerprint density at radius 1 is 1.13 bits per heavy atom. The number of carbonyl (C=O) groups excluding carboxylic acids is 1. The van der Waals surface area contributed by atoms with E-state index in [1.807, 2.05) is 30.5 Å². The zero-order valence-electron chi connectivity index (χ0n) is 13.3. The molecule has 2 aromatic rings. The smallest absolute Gasteiger partial charge is 0.237 e. The molecular weight excluding hydrogens is 286 g/mol. The van der Waals surface area contributed by atoms with E-state index in [2.05, 4.69) is 33.4 Å². The van der Waals surface area contributed by atoms with Crippen LogP contribution in [0, 0.1) is 0 Å². The number of hydrogen-bond acceptors (Lipinski definition) is 3. The van der Waals surface area contributed by atoms with E-state index in [-0.39, 0.29) is 11.9 Å². The number of pyridine rings is 1. The summed E-state index contributed by atoms with van der Waals surface area (Å²) in [5.41, 5.74) is 2.47. The van der Waals surface area contributed by atoms with Crippen LogP contribution in [0.2, 0.25) is 0 Å². The summed E-state index contributed by atoms with van der Waals surface area (Å²) in [6, 6.07) is 14.3. The summed E-state index contributed by atoms with van der Waals surface area (Å²) in [4.78, 5) is 18.8. The fourth-order valence-corrected chi connectivity index (χ4v) is 3.12. The molecule has 1 fully saturated rings. The van der Waals surface area contributed by atoms with Crippen molar-refractivity contribution >= 4 is 5.91 Å². The first-order valence-corrected chi connectivity index (χ1v) is 8.27. The number of benzene rings is 1. The Bertz CT molecular complexity index is 615. The van der Waals surface area contributed by atoms with E-state index in [1.54, 1.807) is 6.20 Å². The number of amides is 1. The van der Waals surface area contributed by atoms with Crippen molar-refractivity contribution in [3.63, 3.8) is 0 Å². The summed E-state index contributed by atoms with van der Waals surface area (Å²) in [5.74, 6) is 0.154. The molecule has 0 aliphatic carbocycles. The number of nitrogens with zero attached hydrogens (tertiary/aromatic N) is 2. The van der Waals surface area contributed by atoms with E-state index in [0.29, 0.717) is 0 Å². The number of carbonyl (C=O) groups is 1. The van der Waals surface area contributed by atoms with Gasteiger partial charge in [-0.05, 0) is 43.0 Å². The molecule has 3 rings (SSSR count). The minimum Gasteiger partial charge on any atom is -0.353 e. The van der Waals surface area contributed by atoms with Gasteiger partial charge in [-0.15, -0.1) is 0 Å². The van der Waals surface area contributed by atoms with Gasteiger partial charge in [-0.1, -0.05) is 36.4 Å². The first kappa shape index (κ1) is 15.7. The van der Waals surface area contributed by atoms with Crippen molar-refractivity contribution < 1.29 is 4.79 Å². The van der Waals surface area contributed by atoms with Crippen LogP contribution in [-0.2, 0) is 17.6 Å². The second-order valence-corrected chi connectivity index (χ2v) is 6.00. The molecule has 1 aliphatic rings. The standard InChI is InChI=1S/C19H23N3O/c23-19-18(14-16-6-2-1-3-7-16)22(13-11-21-19)12-5-9-17-8-4-10-20-15-17/h1-4,6-8,10,15,18H,5,9,11-14H2,(H,21,23)/t18-/m1/s1. The van der Waals surface area contributed by atoms with Crippen LogP contribution in [0.25, 0.3) is 0 Å². The molecule has 1 atom stereocenters. The second kappa shape index (κ2) is 7.88. The summed E-state index contributed by atoms with van der Waals surface area (Å²) in [6.07, 6.45) is 6.55. The summed E-state index contributed by atoms with van der Waals surface area (Å²) in [6.45, 7) is 2.62. The minimum atomic E-state index is -0.0555. The number of aromatic nitrogens is 1. The summed E-state index contributed by atoms with van der Waals surface area (Å²) < 4.78 is 0. The average Bonchev–Trinajstić information content (AvgIpc) is 2.60. The van der Waals surface area contributed by atoms with E-state index in [1.165, 1.54) is 11.1 Å². The maximum atomic E-state index is 12.3. The lowest BCUT2D eigenvalue weighted by Gasteiger charge is -2.35. The Hall–Kier alpha value is -2.20. The molecule has 2 heterocycles. The Morgan fingerprint density at radius 3 is 2.74 bits per heavy atom. The predicted octanol–water partition coefficient (Wildman–Crippen LogP) is 2.06. The van der Waals surface area contributed by atoms with Gasteiger partial charge in [-0.2, -0.15) is 0 Å². The molecule has 1 aliphatic heterocycles. The molecule has 0 radical (unpaired) electrons. The molecular formula is C19H23N3O. The van der Waals surface area contributed by atoms with Gasteiger partial charge in [-0.25, -0.2) is 0 Å². The quantitative estimate of drug-likeness (QED) is 0.888. The topological polar surface area (TPSA) is 45.2 Å². The summed E-state index contributed by atoms with van der Waals surface area (Å²) >= 11 is 0. The van der Waals surface area contributed by atoms with Crippen molar-refractivity contribution in [1.29, 1.82) is 0 Å². The van der Waals surface area contributed by atoms with Crippen LogP contribution in [0.1, 0.15) is 17.5 Å². The molecule has 4 nitrogen and oxygen atoms in total. The molecule has 4 heteroatoms. The third kappa shape index (κ3) is 4.39. The molecule has 23 heavy (non-hydrogen) atoms. The van der Waals surface area contributed by atoms with Crippen molar-refractivity contribution in [2.45, 2.75) is 25.3 Å². The highest BCUT2D eigenvalue weighted by Crippen LogP contribution is 2.13. The fraction of sp³-hybridized carbons (Fsp3) is 0.368. The number of aryl methyl sites for hydroxylation is 1. The van der Waals surface area contributed by atoms with Crippen molar-refractivity contribution in [3.05, 3.63) is 66.0 Å². The van der Waals surface area contributed by atoms with Crippen LogP contribution < -0.4 is 5.32 Å². The molecule has 1 amide bonds. The lowest BCUT2D eigenvalue weighted by Crippen LogP contribution is -2.56. The number of nitrogens with one attached hydrogen (secondary N) is 1. The predicted molar refractivity (Wildman–Crippen MR) is 91.1 cm³/mol. The lowest BCUT2D eigenvalue weighted by atomic mass is 10.0. The molecule has 120 valence electrons. The van der Waals surface area contributed by atoms with Gasteiger partial charge >= 0.3 is 0 Å². The third-order valence-corrected chi connectivity index (χ3v) is 4.35. The lowest BCUT2D eigenvalue weighted by molar-refractivity contribution is -0.129. The van der Waals surface area contributed by atoms with E-state index in [0.717, 1.165) is 38.9 Å². The molecule has 1 N–H and O–H groups in total. The first-order valence-electron chi connectivity index (χ1n) is 8.27. The first-order chi connectivity index (χ1) is 11.3. The van der Waals surface area contributed by atoms with Crippen molar-refractivity contribution in [2.24, 2.45) is 0 Å². The van der Waals surface area contributed by atoms with Gasteiger partial charge in [-0.3, -0.25) is 14.7 Å². The van der Waals surface area contributed by atoms with Crippen LogP contribution in [0.3, 0.4) is 0 Å². The molecule has 1 aromatic carbocycles. The molecule has 1 aromatic heterocycles. The van der Waals surface area contributed by atoms with Crippen molar-refractivity contribution in [2.75, 3.05) is 19.6 Å². The second-order valence-electron chi connectivity index (χ2n) is 6.00. The van der Waals surface area contributed by atoms with Crippen molar-refractivity contribution in [3.8, 4) is 0 Å². The van der Waals surface area contributed by atoms with E-state index >= 15 is 0 Å². The van der Waals surface area contributed by atoms with Gasteiger partial charge in [0.05, 0.1) is 6.04 Å². The highest BCUT2D eigenvalue weighted by atomic mass is 16.2. The number of rotatable bonds is 6. The number of piperazine rings is 1. The van der Waals surface area contributed by atoms with E-state index in [9.17, 15) is 4.79 Å². The van der Waals surface area contributed by atoms with E-state index in [4.69, 9.17) is 0 Å². The molecule has 0 saturated carbocycles. The van der Waals surface area contributed by atoms with Crippen LogP contribution >= 0.6 is 0 Å². The molecule has 1 saturated heterocycles. The van der Waals surface area contributed by atoms with Crippen molar-refractivity contribution in [1.82, 2.24) is 15.2 Å². The van der Waals surface area contributed by atoms with Crippen LogP contribution in [0.5, 0.6) is 0 Å².